The Labute approximate surface area is 117 Å². The summed E-state index contributed by atoms with van der Waals surface area (Å²) < 4.78 is 18.5. The van der Waals surface area contributed by atoms with Gasteiger partial charge in [0.15, 0.2) is 0 Å². The third kappa shape index (κ3) is 7.18. The topological polar surface area (TPSA) is 38.3 Å². The predicted molar refractivity (Wildman–Crippen MR) is 75.9 cm³/mol. The Morgan fingerprint density at radius 3 is 2.95 bits per heavy atom. The smallest absolute Gasteiger partial charge is 0.220 e. The first-order valence-electron chi connectivity index (χ1n) is 6.45. The molecule has 0 aliphatic rings. The van der Waals surface area contributed by atoms with Crippen LogP contribution in [0.1, 0.15) is 19.8 Å². The maximum atomic E-state index is 13.3. The Morgan fingerprint density at radius 1 is 1.42 bits per heavy atom. The molecule has 0 aliphatic heterocycles. The number of hydrogen-bond donors (Lipinski definition) is 1. The van der Waals surface area contributed by atoms with Crippen molar-refractivity contribution in [2.75, 3.05) is 25.5 Å². The summed E-state index contributed by atoms with van der Waals surface area (Å²) in [4.78, 5) is 12.1. The predicted octanol–water partition coefficient (Wildman–Crippen LogP) is 2.85. The summed E-state index contributed by atoms with van der Waals surface area (Å²) in [7, 11) is 0. The summed E-state index contributed by atoms with van der Waals surface area (Å²) in [6, 6.07) is 6.60. The van der Waals surface area contributed by atoms with Gasteiger partial charge in [0, 0.05) is 36.8 Å². The van der Waals surface area contributed by atoms with E-state index in [1.54, 1.807) is 18.2 Å². The third-order valence-corrected chi connectivity index (χ3v) is 3.47. The van der Waals surface area contributed by atoms with Crippen LogP contribution in [0.4, 0.5) is 4.39 Å². The number of thioether (sulfide) groups is 1. The van der Waals surface area contributed by atoms with Crippen LogP contribution in [0.2, 0.25) is 0 Å². The zero-order valence-electron chi connectivity index (χ0n) is 11.2. The van der Waals surface area contributed by atoms with E-state index in [4.69, 9.17) is 4.74 Å². The normalized spacial score (nSPS) is 10.4. The molecule has 0 atom stereocenters. The molecule has 0 fully saturated rings. The fraction of sp³-hybridized carbons (Fsp3) is 0.500. The fourth-order valence-corrected chi connectivity index (χ4v) is 2.34. The zero-order chi connectivity index (χ0) is 13.9. The molecule has 106 valence electrons. The number of amides is 1. The summed E-state index contributed by atoms with van der Waals surface area (Å²) in [5.74, 6) is 0.350. The lowest BCUT2D eigenvalue weighted by atomic mass is 10.3. The van der Waals surface area contributed by atoms with Crippen molar-refractivity contribution in [1.82, 2.24) is 5.32 Å². The maximum Gasteiger partial charge on any atom is 0.220 e. The van der Waals surface area contributed by atoms with Crippen molar-refractivity contribution in [2.24, 2.45) is 0 Å². The van der Waals surface area contributed by atoms with Crippen LogP contribution in [-0.4, -0.2) is 31.4 Å². The average molecular weight is 285 g/mol. The Hall–Kier alpha value is -1.07. The fourth-order valence-electron chi connectivity index (χ4n) is 1.45. The molecule has 1 amide bonds. The molecule has 0 saturated heterocycles. The van der Waals surface area contributed by atoms with Gasteiger partial charge in [0.2, 0.25) is 5.91 Å². The standard InChI is InChI=1S/C14H20FNO2S/c1-2-18-10-5-9-16-14(17)8-11-19-13-7-4-3-6-12(13)15/h3-4,6-7H,2,5,8-11H2,1H3,(H,16,17). The summed E-state index contributed by atoms with van der Waals surface area (Å²) in [5, 5.41) is 2.82. The van der Waals surface area contributed by atoms with Crippen molar-refractivity contribution in [3.8, 4) is 0 Å². The van der Waals surface area contributed by atoms with Crippen molar-refractivity contribution in [3.05, 3.63) is 30.1 Å². The number of carbonyl (C=O) groups excluding carboxylic acids is 1. The maximum absolute atomic E-state index is 13.3. The second kappa shape index (κ2) is 9.81. The summed E-state index contributed by atoms with van der Waals surface area (Å²) in [5.41, 5.74) is 0. The quantitative estimate of drug-likeness (QED) is 0.560. The molecular weight excluding hydrogens is 265 g/mol. The molecule has 1 aromatic rings. The Bertz CT molecular complexity index is 387. The van der Waals surface area contributed by atoms with Crippen LogP contribution in [0.15, 0.2) is 29.2 Å². The number of rotatable bonds is 9. The van der Waals surface area contributed by atoms with Gasteiger partial charge in [-0.2, -0.15) is 0 Å². The van der Waals surface area contributed by atoms with Crippen LogP contribution < -0.4 is 5.32 Å². The van der Waals surface area contributed by atoms with Gasteiger partial charge < -0.3 is 10.1 Å². The highest BCUT2D eigenvalue weighted by atomic mass is 32.2. The summed E-state index contributed by atoms with van der Waals surface area (Å²) in [6.07, 6.45) is 1.22. The molecule has 5 heteroatoms. The molecule has 3 nitrogen and oxygen atoms in total. The van der Waals surface area contributed by atoms with Crippen LogP contribution in [0.25, 0.3) is 0 Å². The minimum Gasteiger partial charge on any atom is -0.382 e. The molecule has 0 unspecified atom stereocenters. The van der Waals surface area contributed by atoms with E-state index in [1.807, 2.05) is 6.92 Å². The molecule has 0 radical (unpaired) electrons. The zero-order valence-corrected chi connectivity index (χ0v) is 12.0. The van der Waals surface area contributed by atoms with E-state index in [-0.39, 0.29) is 11.7 Å². The van der Waals surface area contributed by atoms with E-state index in [2.05, 4.69) is 5.32 Å². The molecule has 0 aromatic heterocycles. The number of carbonyl (C=O) groups is 1. The first-order valence-corrected chi connectivity index (χ1v) is 7.44. The van der Waals surface area contributed by atoms with E-state index in [0.29, 0.717) is 36.8 Å². The molecule has 0 aliphatic carbocycles. The van der Waals surface area contributed by atoms with E-state index in [0.717, 1.165) is 6.42 Å². The Balaban J connectivity index is 2.09. The Kier molecular flexibility index (Phi) is 8.25. The van der Waals surface area contributed by atoms with E-state index in [1.165, 1.54) is 17.8 Å². The molecule has 1 aromatic carbocycles. The molecule has 0 bridgehead atoms. The SMILES string of the molecule is CCOCCCNC(=O)CCSc1ccccc1F. The van der Waals surface area contributed by atoms with Gasteiger partial charge in [0.05, 0.1) is 0 Å². The van der Waals surface area contributed by atoms with Crippen molar-refractivity contribution in [3.63, 3.8) is 0 Å². The van der Waals surface area contributed by atoms with Crippen LogP contribution in [0, 0.1) is 5.82 Å². The molecule has 0 spiro atoms. The van der Waals surface area contributed by atoms with Crippen LogP contribution in [0.3, 0.4) is 0 Å². The van der Waals surface area contributed by atoms with Gasteiger partial charge in [0.25, 0.3) is 0 Å². The van der Waals surface area contributed by atoms with Gasteiger partial charge in [-0.3, -0.25) is 4.79 Å². The molecule has 0 saturated carbocycles. The molecule has 19 heavy (non-hydrogen) atoms. The van der Waals surface area contributed by atoms with E-state index < -0.39 is 0 Å². The molecule has 1 N–H and O–H groups in total. The van der Waals surface area contributed by atoms with Crippen molar-refractivity contribution in [1.29, 1.82) is 0 Å². The van der Waals surface area contributed by atoms with Crippen LogP contribution >= 0.6 is 11.8 Å². The van der Waals surface area contributed by atoms with Gasteiger partial charge in [-0.15, -0.1) is 11.8 Å². The monoisotopic (exact) mass is 285 g/mol. The summed E-state index contributed by atoms with van der Waals surface area (Å²) >= 11 is 1.36. The molecule has 1 rings (SSSR count). The minimum absolute atomic E-state index is 0.000313. The van der Waals surface area contributed by atoms with Crippen LogP contribution in [-0.2, 0) is 9.53 Å². The highest BCUT2D eigenvalue weighted by Gasteiger charge is 2.04. The Morgan fingerprint density at radius 2 is 2.21 bits per heavy atom. The van der Waals surface area contributed by atoms with Gasteiger partial charge >= 0.3 is 0 Å². The summed E-state index contributed by atoms with van der Waals surface area (Å²) in [6.45, 7) is 3.94. The second-order valence-corrected chi connectivity index (χ2v) is 5.07. The van der Waals surface area contributed by atoms with E-state index >= 15 is 0 Å². The third-order valence-electron chi connectivity index (χ3n) is 2.42. The van der Waals surface area contributed by atoms with Crippen molar-refractivity contribution < 1.29 is 13.9 Å². The average Bonchev–Trinajstić information content (AvgIpc) is 2.41. The van der Waals surface area contributed by atoms with Crippen LogP contribution in [0.5, 0.6) is 0 Å². The molecular formula is C14H20FNO2S. The van der Waals surface area contributed by atoms with Gasteiger partial charge in [-0.25, -0.2) is 4.39 Å². The first-order chi connectivity index (χ1) is 9.24. The highest BCUT2D eigenvalue weighted by Crippen LogP contribution is 2.21. The van der Waals surface area contributed by atoms with Crippen molar-refractivity contribution >= 4 is 17.7 Å². The first kappa shape index (κ1) is 16.0. The number of ether oxygens (including phenoxy) is 1. The number of benzene rings is 1. The lowest BCUT2D eigenvalue weighted by Crippen LogP contribution is -2.25. The number of nitrogens with one attached hydrogen (secondary N) is 1. The highest BCUT2D eigenvalue weighted by molar-refractivity contribution is 7.99. The van der Waals surface area contributed by atoms with Gasteiger partial charge in [-0.1, -0.05) is 12.1 Å². The number of halogens is 1. The van der Waals surface area contributed by atoms with Gasteiger partial charge in [-0.05, 0) is 25.5 Å². The molecule has 0 heterocycles. The van der Waals surface area contributed by atoms with Gasteiger partial charge in [0.1, 0.15) is 5.82 Å². The second-order valence-electron chi connectivity index (χ2n) is 3.93. The lowest BCUT2D eigenvalue weighted by molar-refractivity contribution is -0.120. The lowest BCUT2D eigenvalue weighted by Gasteiger charge is -2.05. The number of hydrogen-bond acceptors (Lipinski definition) is 3. The largest absolute Gasteiger partial charge is 0.382 e. The van der Waals surface area contributed by atoms with Crippen molar-refractivity contribution in [2.45, 2.75) is 24.7 Å². The minimum atomic E-state index is -0.232. The van der Waals surface area contributed by atoms with E-state index in [9.17, 15) is 9.18 Å².